The van der Waals surface area contributed by atoms with E-state index >= 15 is 0 Å². The van der Waals surface area contributed by atoms with Crippen LogP contribution in [0.5, 0.6) is 5.75 Å². The van der Waals surface area contributed by atoms with Crippen LogP contribution >= 0.6 is 0 Å². The zero-order valence-electron chi connectivity index (χ0n) is 12.0. The van der Waals surface area contributed by atoms with Crippen molar-refractivity contribution >= 4 is 16.8 Å². The molecule has 0 aliphatic heterocycles. The molecule has 6 heteroatoms. The highest BCUT2D eigenvalue weighted by Gasteiger charge is 2.18. The number of methoxy groups -OCH3 is 1. The van der Waals surface area contributed by atoms with Crippen LogP contribution in [0.4, 0.5) is 0 Å². The molecule has 0 fully saturated rings. The zero-order chi connectivity index (χ0) is 15.0. The molecule has 0 aliphatic carbocycles. The summed E-state index contributed by atoms with van der Waals surface area (Å²) in [4.78, 5) is 21.3. The van der Waals surface area contributed by atoms with Gasteiger partial charge in [0, 0.05) is 12.6 Å². The molecule has 106 valence electrons. The van der Waals surface area contributed by atoms with Gasteiger partial charge in [-0.15, -0.1) is 0 Å². The molecule has 0 amide bonds. The van der Waals surface area contributed by atoms with Crippen LogP contribution in [0.2, 0.25) is 0 Å². The minimum Gasteiger partial charge on any atom is -0.497 e. The highest BCUT2D eigenvalue weighted by Crippen LogP contribution is 2.20. The molecule has 0 spiro atoms. The van der Waals surface area contributed by atoms with E-state index in [0.29, 0.717) is 33.9 Å². The third kappa shape index (κ3) is 2.24. The number of fused-ring (bicyclic) bond motifs is 1. The molecular formula is C15H14N4O2. The summed E-state index contributed by atoms with van der Waals surface area (Å²) >= 11 is 0. The van der Waals surface area contributed by atoms with E-state index in [1.165, 1.54) is 0 Å². The molecule has 6 nitrogen and oxygen atoms in total. The van der Waals surface area contributed by atoms with E-state index in [1.54, 1.807) is 56.2 Å². The van der Waals surface area contributed by atoms with Crippen LogP contribution in [0.1, 0.15) is 21.9 Å². The lowest BCUT2D eigenvalue weighted by Gasteiger charge is -2.05. The molecule has 0 bridgehead atoms. The van der Waals surface area contributed by atoms with Gasteiger partial charge in [0.15, 0.2) is 5.65 Å². The molecule has 0 atom stereocenters. The predicted octanol–water partition coefficient (Wildman–Crippen LogP) is 1.91. The molecule has 21 heavy (non-hydrogen) atoms. The van der Waals surface area contributed by atoms with Gasteiger partial charge in [0.05, 0.1) is 18.7 Å². The number of hydrogen-bond donors (Lipinski definition) is 0. The number of hydrogen-bond acceptors (Lipinski definition) is 5. The van der Waals surface area contributed by atoms with Crippen LogP contribution in [-0.2, 0) is 7.05 Å². The molecule has 1 aromatic carbocycles. The van der Waals surface area contributed by atoms with Gasteiger partial charge in [-0.05, 0) is 31.2 Å². The molecule has 0 unspecified atom stereocenters. The molecule has 0 saturated heterocycles. The summed E-state index contributed by atoms with van der Waals surface area (Å²) in [6.45, 7) is 1.76. The van der Waals surface area contributed by atoms with Gasteiger partial charge in [0.25, 0.3) is 0 Å². The highest BCUT2D eigenvalue weighted by atomic mass is 16.5. The van der Waals surface area contributed by atoms with Crippen LogP contribution in [0.3, 0.4) is 0 Å². The van der Waals surface area contributed by atoms with Gasteiger partial charge in [0.2, 0.25) is 5.78 Å². The lowest BCUT2D eigenvalue weighted by atomic mass is 10.1. The Labute approximate surface area is 121 Å². The zero-order valence-corrected chi connectivity index (χ0v) is 12.0. The third-order valence-electron chi connectivity index (χ3n) is 3.27. The van der Waals surface area contributed by atoms with E-state index in [4.69, 9.17) is 4.74 Å². The van der Waals surface area contributed by atoms with Crippen molar-refractivity contribution in [1.29, 1.82) is 0 Å². The smallest absolute Gasteiger partial charge is 0.212 e. The number of carbonyl (C=O) groups excluding carboxylic acids is 1. The monoisotopic (exact) mass is 282 g/mol. The Kier molecular flexibility index (Phi) is 3.13. The Morgan fingerprint density at radius 1 is 1.19 bits per heavy atom. The van der Waals surface area contributed by atoms with Crippen LogP contribution in [0.15, 0.2) is 30.5 Å². The second-order valence-electron chi connectivity index (χ2n) is 4.68. The van der Waals surface area contributed by atoms with E-state index in [0.717, 1.165) is 0 Å². The van der Waals surface area contributed by atoms with Gasteiger partial charge in [-0.25, -0.2) is 9.97 Å². The van der Waals surface area contributed by atoms with E-state index in [1.807, 2.05) is 0 Å². The largest absolute Gasteiger partial charge is 0.497 e. The summed E-state index contributed by atoms with van der Waals surface area (Å²) in [6, 6.07) is 6.95. The summed E-state index contributed by atoms with van der Waals surface area (Å²) < 4.78 is 6.73. The summed E-state index contributed by atoms with van der Waals surface area (Å²) in [5.41, 5.74) is 1.58. The van der Waals surface area contributed by atoms with Gasteiger partial charge in [-0.1, -0.05) is 0 Å². The quantitative estimate of drug-likeness (QED) is 0.686. The van der Waals surface area contributed by atoms with Gasteiger partial charge in [-0.2, -0.15) is 5.10 Å². The lowest BCUT2D eigenvalue weighted by molar-refractivity contribution is 0.103. The number of ether oxygens (including phenoxy) is 1. The standard InChI is InChI=1S/C15H14N4O2/c1-9-17-13(12-8-16-19(2)15(12)18-9)14(20)10-4-6-11(21-3)7-5-10/h4-8H,1-3H3. The second-order valence-corrected chi connectivity index (χ2v) is 4.68. The second kappa shape index (κ2) is 4.97. The Hall–Kier alpha value is -2.76. The van der Waals surface area contributed by atoms with Crippen LogP contribution < -0.4 is 4.74 Å². The maximum Gasteiger partial charge on any atom is 0.212 e. The fraction of sp³-hybridized carbons (Fsp3) is 0.200. The molecular weight excluding hydrogens is 268 g/mol. The maximum atomic E-state index is 12.7. The van der Waals surface area contributed by atoms with E-state index in [9.17, 15) is 4.79 Å². The van der Waals surface area contributed by atoms with Crippen molar-refractivity contribution in [3.05, 3.63) is 47.5 Å². The fourth-order valence-electron chi connectivity index (χ4n) is 2.18. The maximum absolute atomic E-state index is 12.7. The van der Waals surface area contributed by atoms with Crippen LogP contribution in [0, 0.1) is 6.92 Å². The first kappa shape index (κ1) is 13.2. The summed E-state index contributed by atoms with van der Waals surface area (Å²) in [5.74, 6) is 1.10. The average Bonchev–Trinajstić information content (AvgIpc) is 2.87. The minimum atomic E-state index is -0.152. The van der Waals surface area contributed by atoms with Crippen molar-refractivity contribution < 1.29 is 9.53 Å². The molecule has 2 aromatic heterocycles. The van der Waals surface area contributed by atoms with Crippen molar-refractivity contribution in [3.8, 4) is 5.75 Å². The number of ketones is 1. The highest BCUT2D eigenvalue weighted by molar-refractivity contribution is 6.14. The van der Waals surface area contributed by atoms with Crippen LogP contribution in [-0.4, -0.2) is 32.6 Å². The van der Waals surface area contributed by atoms with Gasteiger partial charge in [-0.3, -0.25) is 9.48 Å². The Morgan fingerprint density at radius 3 is 2.57 bits per heavy atom. The Morgan fingerprint density at radius 2 is 1.90 bits per heavy atom. The molecule has 2 heterocycles. The molecule has 0 saturated carbocycles. The average molecular weight is 282 g/mol. The van der Waals surface area contributed by atoms with Crippen molar-refractivity contribution in [3.63, 3.8) is 0 Å². The topological polar surface area (TPSA) is 69.9 Å². The molecule has 3 rings (SSSR count). The van der Waals surface area contributed by atoms with Gasteiger partial charge in [0.1, 0.15) is 17.3 Å². The van der Waals surface area contributed by atoms with E-state index in [2.05, 4.69) is 15.1 Å². The first-order valence-corrected chi connectivity index (χ1v) is 6.45. The summed E-state index contributed by atoms with van der Waals surface area (Å²) in [7, 11) is 3.38. The van der Waals surface area contributed by atoms with Crippen molar-refractivity contribution in [2.24, 2.45) is 7.05 Å². The summed E-state index contributed by atoms with van der Waals surface area (Å²) in [6.07, 6.45) is 1.62. The number of aromatic nitrogens is 4. The number of carbonyl (C=O) groups is 1. The fourth-order valence-corrected chi connectivity index (χ4v) is 2.18. The Balaban J connectivity index is 2.12. The molecule has 0 aliphatic rings. The first-order chi connectivity index (χ1) is 10.1. The van der Waals surface area contributed by atoms with E-state index in [-0.39, 0.29) is 5.78 Å². The van der Waals surface area contributed by atoms with Crippen LogP contribution in [0.25, 0.3) is 11.0 Å². The normalized spacial score (nSPS) is 10.8. The minimum absolute atomic E-state index is 0.152. The van der Waals surface area contributed by atoms with E-state index < -0.39 is 0 Å². The SMILES string of the molecule is COc1ccc(C(=O)c2nc(C)nc3c2cnn3C)cc1. The van der Waals surface area contributed by atoms with Crippen molar-refractivity contribution in [1.82, 2.24) is 19.7 Å². The lowest BCUT2D eigenvalue weighted by Crippen LogP contribution is -2.07. The third-order valence-corrected chi connectivity index (χ3v) is 3.27. The van der Waals surface area contributed by atoms with Crippen molar-refractivity contribution in [2.45, 2.75) is 6.92 Å². The summed E-state index contributed by atoms with van der Waals surface area (Å²) in [5, 5.41) is 4.80. The molecule has 0 radical (unpaired) electrons. The first-order valence-electron chi connectivity index (χ1n) is 6.45. The van der Waals surface area contributed by atoms with Crippen molar-refractivity contribution in [2.75, 3.05) is 7.11 Å². The molecule has 0 N–H and O–H groups in total. The molecule has 3 aromatic rings. The predicted molar refractivity (Wildman–Crippen MR) is 77.5 cm³/mol. The van der Waals surface area contributed by atoms with Gasteiger partial charge < -0.3 is 4.74 Å². The number of aryl methyl sites for hydroxylation is 2. The Bertz CT molecular complexity index is 822. The number of benzene rings is 1. The number of rotatable bonds is 3. The number of nitrogens with zero attached hydrogens (tertiary/aromatic N) is 4. The van der Waals surface area contributed by atoms with Gasteiger partial charge >= 0.3 is 0 Å².